The largest absolute Gasteiger partial charge is 0.359 e. The summed E-state index contributed by atoms with van der Waals surface area (Å²) in [7, 11) is 3.91. The molecule has 5 heteroatoms. The molecule has 0 fully saturated rings. The molecule has 0 bridgehead atoms. The molecule has 106 valence electrons. The predicted octanol–water partition coefficient (Wildman–Crippen LogP) is 2.53. The van der Waals surface area contributed by atoms with E-state index in [-0.39, 0.29) is 0 Å². The minimum absolute atomic E-state index is 0.667. The number of hydrogen-bond acceptors (Lipinski definition) is 4. The van der Waals surface area contributed by atoms with Gasteiger partial charge in [-0.2, -0.15) is 0 Å². The van der Waals surface area contributed by atoms with Crippen LogP contribution in [-0.4, -0.2) is 30.6 Å². The van der Waals surface area contributed by atoms with Crippen molar-refractivity contribution < 1.29 is 0 Å². The Labute approximate surface area is 124 Å². The highest BCUT2D eigenvalue weighted by Gasteiger charge is 2.07. The SMILES string of the molecule is CNCc1nc(N(C)CCc2ccccn2)ccc1Cl. The summed E-state index contributed by atoms with van der Waals surface area (Å²) < 4.78 is 0. The van der Waals surface area contributed by atoms with Crippen LogP contribution < -0.4 is 10.2 Å². The summed E-state index contributed by atoms with van der Waals surface area (Å²) in [4.78, 5) is 11.0. The highest BCUT2D eigenvalue weighted by molar-refractivity contribution is 6.31. The number of halogens is 1. The van der Waals surface area contributed by atoms with Gasteiger partial charge in [0.2, 0.25) is 0 Å². The standard InChI is InChI=1S/C15H19ClN4/c1-17-11-14-13(16)6-7-15(19-14)20(2)10-8-12-5-3-4-9-18-12/h3-7,9,17H,8,10-11H2,1-2H3. The van der Waals surface area contributed by atoms with Crippen molar-refractivity contribution >= 4 is 17.4 Å². The third-order valence-corrected chi connectivity index (χ3v) is 3.41. The van der Waals surface area contributed by atoms with Crippen molar-refractivity contribution in [3.05, 3.63) is 52.9 Å². The van der Waals surface area contributed by atoms with Gasteiger partial charge in [0.05, 0.1) is 10.7 Å². The molecule has 0 aliphatic heterocycles. The first-order chi connectivity index (χ1) is 9.70. The van der Waals surface area contributed by atoms with Gasteiger partial charge in [0.15, 0.2) is 0 Å². The molecular formula is C15H19ClN4. The lowest BCUT2D eigenvalue weighted by Crippen LogP contribution is -2.22. The van der Waals surface area contributed by atoms with Crippen molar-refractivity contribution in [2.75, 3.05) is 25.5 Å². The van der Waals surface area contributed by atoms with Gasteiger partial charge >= 0.3 is 0 Å². The lowest BCUT2D eigenvalue weighted by atomic mass is 10.2. The van der Waals surface area contributed by atoms with Crippen molar-refractivity contribution in [3.8, 4) is 0 Å². The van der Waals surface area contributed by atoms with Gasteiger partial charge < -0.3 is 10.2 Å². The zero-order valence-electron chi connectivity index (χ0n) is 11.8. The number of nitrogens with zero attached hydrogens (tertiary/aromatic N) is 3. The summed E-state index contributed by atoms with van der Waals surface area (Å²) in [6.07, 6.45) is 2.71. The lowest BCUT2D eigenvalue weighted by molar-refractivity contribution is 0.779. The Bertz CT molecular complexity index is 545. The van der Waals surface area contributed by atoms with Crippen LogP contribution in [0.1, 0.15) is 11.4 Å². The average Bonchev–Trinajstić information content (AvgIpc) is 2.48. The quantitative estimate of drug-likeness (QED) is 0.888. The fourth-order valence-electron chi connectivity index (χ4n) is 1.92. The van der Waals surface area contributed by atoms with E-state index in [0.717, 1.165) is 30.2 Å². The average molecular weight is 291 g/mol. The monoisotopic (exact) mass is 290 g/mol. The molecule has 0 radical (unpaired) electrons. The van der Waals surface area contributed by atoms with Crippen LogP contribution in [0.3, 0.4) is 0 Å². The van der Waals surface area contributed by atoms with Crippen molar-refractivity contribution in [3.63, 3.8) is 0 Å². The first-order valence-electron chi connectivity index (χ1n) is 6.62. The topological polar surface area (TPSA) is 41.1 Å². The van der Waals surface area contributed by atoms with E-state index in [1.807, 2.05) is 50.6 Å². The smallest absolute Gasteiger partial charge is 0.128 e. The molecule has 0 saturated heterocycles. The number of rotatable bonds is 6. The zero-order chi connectivity index (χ0) is 14.4. The molecule has 1 N–H and O–H groups in total. The van der Waals surface area contributed by atoms with Crippen molar-refractivity contribution in [1.29, 1.82) is 0 Å². The van der Waals surface area contributed by atoms with Gasteiger partial charge in [0, 0.05) is 38.4 Å². The van der Waals surface area contributed by atoms with Gasteiger partial charge in [-0.1, -0.05) is 17.7 Å². The maximum Gasteiger partial charge on any atom is 0.128 e. The van der Waals surface area contributed by atoms with E-state index < -0.39 is 0 Å². The molecule has 0 saturated carbocycles. The number of pyridine rings is 2. The van der Waals surface area contributed by atoms with Crippen LogP contribution in [0.5, 0.6) is 0 Å². The Hall–Kier alpha value is -1.65. The molecule has 2 heterocycles. The summed E-state index contributed by atoms with van der Waals surface area (Å²) in [5.41, 5.74) is 1.96. The third-order valence-electron chi connectivity index (χ3n) is 3.07. The van der Waals surface area contributed by atoms with Crippen LogP contribution in [0.2, 0.25) is 5.02 Å². The molecule has 0 spiro atoms. The molecule has 0 aromatic carbocycles. The lowest BCUT2D eigenvalue weighted by Gasteiger charge is -2.19. The van der Waals surface area contributed by atoms with Gasteiger partial charge in [0.1, 0.15) is 5.82 Å². The maximum atomic E-state index is 6.12. The molecule has 4 nitrogen and oxygen atoms in total. The van der Waals surface area contributed by atoms with Crippen LogP contribution in [0, 0.1) is 0 Å². The van der Waals surface area contributed by atoms with Gasteiger partial charge in [-0.25, -0.2) is 4.98 Å². The third kappa shape index (κ3) is 3.92. The molecule has 2 rings (SSSR count). The molecule has 2 aromatic rings. The molecule has 2 aromatic heterocycles. The number of nitrogens with one attached hydrogen (secondary N) is 1. The summed E-state index contributed by atoms with van der Waals surface area (Å²) in [6, 6.07) is 9.81. The first kappa shape index (κ1) is 14.8. The van der Waals surface area contributed by atoms with Crippen LogP contribution in [0.25, 0.3) is 0 Å². The number of aromatic nitrogens is 2. The van der Waals surface area contributed by atoms with Crippen molar-refractivity contribution in [2.24, 2.45) is 0 Å². The second-order valence-electron chi connectivity index (χ2n) is 4.62. The van der Waals surface area contributed by atoms with E-state index in [1.165, 1.54) is 0 Å². The molecule has 0 atom stereocenters. The van der Waals surface area contributed by atoms with Crippen LogP contribution >= 0.6 is 11.6 Å². The number of likely N-dealkylation sites (N-methyl/N-ethyl adjacent to an activating group) is 1. The fraction of sp³-hybridized carbons (Fsp3) is 0.333. The Balaban J connectivity index is 2.01. The Morgan fingerprint density at radius 1 is 1.25 bits per heavy atom. The summed E-state index contributed by atoms with van der Waals surface area (Å²) in [5.74, 6) is 0.926. The minimum Gasteiger partial charge on any atom is -0.359 e. The Morgan fingerprint density at radius 3 is 2.80 bits per heavy atom. The van der Waals surface area contributed by atoms with Crippen molar-refractivity contribution in [1.82, 2.24) is 15.3 Å². The predicted molar refractivity (Wildman–Crippen MR) is 83.2 cm³/mol. The van der Waals surface area contributed by atoms with E-state index >= 15 is 0 Å². The molecule has 0 aliphatic carbocycles. The highest BCUT2D eigenvalue weighted by atomic mass is 35.5. The second kappa shape index (κ2) is 7.22. The molecule has 20 heavy (non-hydrogen) atoms. The van der Waals surface area contributed by atoms with E-state index in [2.05, 4.69) is 20.2 Å². The molecule has 0 aliphatic rings. The summed E-state index contributed by atoms with van der Waals surface area (Å²) >= 11 is 6.12. The fourth-order valence-corrected chi connectivity index (χ4v) is 2.09. The number of anilines is 1. The molecule has 0 amide bonds. The minimum atomic E-state index is 0.667. The van der Waals surface area contributed by atoms with Crippen LogP contribution in [0.4, 0.5) is 5.82 Å². The van der Waals surface area contributed by atoms with E-state index in [0.29, 0.717) is 11.6 Å². The molecule has 0 unspecified atom stereocenters. The highest BCUT2D eigenvalue weighted by Crippen LogP contribution is 2.18. The van der Waals surface area contributed by atoms with Crippen molar-refractivity contribution in [2.45, 2.75) is 13.0 Å². The Kier molecular flexibility index (Phi) is 5.32. The van der Waals surface area contributed by atoms with Gasteiger partial charge in [-0.15, -0.1) is 0 Å². The normalized spacial score (nSPS) is 10.6. The van der Waals surface area contributed by atoms with Gasteiger partial charge in [-0.05, 0) is 31.3 Å². The van der Waals surface area contributed by atoms with Gasteiger partial charge in [-0.3, -0.25) is 4.98 Å². The van der Waals surface area contributed by atoms with E-state index in [4.69, 9.17) is 11.6 Å². The summed E-state index contributed by atoms with van der Waals surface area (Å²) in [5, 5.41) is 3.77. The number of hydrogen-bond donors (Lipinski definition) is 1. The maximum absolute atomic E-state index is 6.12. The Morgan fingerprint density at radius 2 is 2.10 bits per heavy atom. The molecular weight excluding hydrogens is 272 g/mol. The van der Waals surface area contributed by atoms with E-state index in [1.54, 1.807) is 0 Å². The summed E-state index contributed by atoms with van der Waals surface area (Å²) in [6.45, 7) is 1.53. The van der Waals surface area contributed by atoms with E-state index in [9.17, 15) is 0 Å². The van der Waals surface area contributed by atoms with Crippen LogP contribution in [-0.2, 0) is 13.0 Å². The van der Waals surface area contributed by atoms with Gasteiger partial charge in [0.25, 0.3) is 0 Å². The van der Waals surface area contributed by atoms with Crippen LogP contribution in [0.15, 0.2) is 36.5 Å². The first-order valence-corrected chi connectivity index (χ1v) is 6.99. The zero-order valence-corrected chi connectivity index (χ0v) is 12.6. The second-order valence-corrected chi connectivity index (χ2v) is 5.03.